The monoisotopic (exact) mass is 435 g/mol. The Bertz CT molecular complexity index is 927. The van der Waals surface area contributed by atoms with Gasteiger partial charge in [-0.25, -0.2) is 9.59 Å². The van der Waals surface area contributed by atoms with E-state index in [0.717, 1.165) is 24.0 Å². The number of benzene rings is 1. The number of aliphatic hydroxyl groups excluding tert-OH is 1. The molecule has 1 heterocycles. The molecule has 4 N–H and O–H groups in total. The summed E-state index contributed by atoms with van der Waals surface area (Å²) in [5.74, 6) is -5.75. The van der Waals surface area contributed by atoms with Gasteiger partial charge in [-0.2, -0.15) is 0 Å². The number of aliphatic hydroxyl groups is 1. The molecule has 1 saturated heterocycles. The summed E-state index contributed by atoms with van der Waals surface area (Å²) in [4.78, 5) is 23.1. The highest BCUT2D eigenvalue weighted by Crippen LogP contribution is 2.46. The predicted octanol–water partition coefficient (Wildman–Crippen LogP) is 2.59. The predicted molar refractivity (Wildman–Crippen MR) is 105 cm³/mol. The van der Waals surface area contributed by atoms with Crippen molar-refractivity contribution in [3.05, 3.63) is 58.0 Å². The van der Waals surface area contributed by atoms with Gasteiger partial charge in [0.15, 0.2) is 11.5 Å². The quantitative estimate of drug-likeness (QED) is 0.502. The normalized spacial score (nSPS) is 25.3. The van der Waals surface area contributed by atoms with Gasteiger partial charge in [-0.1, -0.05) is 23.7 Å². The maximum atomic E-state index is 11.5. The first kappa shape index (κ1) is 20.7. The van der Waals surface area contributed by atoms with Crippen LogP contribution in [-0.4, -0.2) is 45.6 Å². The maximum Gasteiger partial charge on any atom is 0.453 e. The van der Waals surface area contributed by atoms with E-state index in [1.54, 1.807) is 24.3 Å². The average Bonchev–Trinajstić information content (AvgIpc) is 3.14. The van der Waals surface area contributed by atoms with Gasteiger partial charge in [0.2, 0.25) is 0 Å². The van der Waals surface area contributed by atoms with E-state index in [4.69, 9.17) is 21.1 Å². The topological polar surface area (TPSA) is 125 Å². The number of halogens is 1. The number of carbonyl (C=O) groups is 2. The summed E-state index contributed by atoms with van der Waals surface area (Å²) in [5, 5.41) is 33.2. The Balaban J connectivity index is 1.51. The van der Waals surface area contributed by atoms with Crippen molar-refractivity contribution in [1.82, 2.24) is 5.32 Å². The van der Waals surface area contributed by atoms with E-state index < -0.39 is 23.8 Å². The molecule has 1 unspecified atom stereocenters. The number of fused-ring (bicyclic) bond motifs is 2. The number of carboxylic acid groups (broad SMARTS) is 2. The van der Waals surface area contributed by atoms with Crippen LogP contribution in [0.1, 0.15) is 37.4 Å². The lowest BCUT2D eigenvalue weighted by Gasteiger charge is -2.36. The number of ether oxygens (including phenoxy) is 2. The first-order valence-corrected chi connectivity index (χ1v) is 10.1. The zero-order chi connectivity index (χ0) is 21.5. The molecule has 3 atom stereocenters. The Hall–Kier alpha value is -2.55. The lowest BCUT2D eigenvalue weighted by Crippen LogP contribution is -2.47. The third kappa shape index (κ3) is 3.55. The highest BCUT2D eigenvalue weighted by atomic mass is 35.5. The number of nitrogens with one attached hydrogen (secondary N) is 1. The molecule has 0 bridgehead atoms. The lowest BCUT2D eigenvalue weighted by atomic mass is 9.75. The Morgan fingerprint density at radius 1 is 1.27 bits per heavy atom. The van der Waals surface area contributed by atoms with Crippen molar-refractivity contribution in [3.8, 4) is 0 Å². The zero-order valence-corrected chi connectivity index (χ0v) is 16.8. The molecule has 1 aromatic carbocycles. The van der Waals surface area contributed by atoms with Gasteiger partial charge in [0.05, 0.1) is 6.10 Å². The van der Waals surface area contributed by atoms with Gasteiger partial charge in [-0.05, 0) is 55.0 Å². The van der Waals surface area contributed by atoms with Crippen LogP contribution in [0.5, 0.6) is 0 Å². The van der Waals surface area contributed by atoms with Crippen molar-refractivity contribution in [3.63, 3.8) is 0 Å². The molecule has 1 aromatic rings. The van der Waals surface area contributed by atoms with Gasteiger partial charge in [-0.15, -0.1) is 0 Å². The van der Waals surface area contributed by atoms with E-state index in [2.05, 4.69) is 5.32 Å². The first-order chi connectivity index (χ1) is 14.3. The molecule has 2 fully saturated rings. The Labute approximate surface area is 177 Å². The molecule has 0 radical (unpaired) electrons. The third-order valence-corrected chi connectivity index (χ3v) is 6.07. The zero-order valence-electron chi connectivity index (χ0n) is 16.0. The molecule has 30 heavy (non-hydrogen) atoms. The average molecular weight is 436 g/mol. The summed E-state index contributed by atoms with van der Waals surface area (Å²) in [6, 6.07) is 7.09. The van der Waals surface area contributed by atoms with Gasteiger partial charge in [0.25, 0.3) is 0 Å². The summed E-state index contributed by atoms with van der Waals surface area (Å²) >= 11 is 5.99. The van der Waals surface area contributed by atoms with Gasteiger partial charge in [0.1, 0.15) is 0 Å². The number of carboxylic acids is 2. The van der Waals surface area contributed by atoms with Gasteiger partial charge in [0, 0.05) is 23.5 Å². The smallest absolute Gasteiger partial charge is 0.453 e. The fourth-order valence-electron chi connectivity index (χ4n) is 4.34. The van der Waals surface area contributed by atoms with Crippen molar-refractivity contribution < 1.29 is 34.4 Å². The van der Waals surface area contributed by atoms with Gasteiger partial charge < -0.3 is 30.1 Å². The van der Waals surface area contributed by atoms with E-state index >= 15 is 0 Å². The van der Waals surface area contributed by atoms with Crippen LogP contribution in [0.15, 0.2) is 47.4 Å². The standard InChI is InChI=1S/C21H22ClNO7/c22-12-4-1-3-11(9-12)16(24)10-23-15-6-2-5-14-13(15)7-8-17-18(14)30-21(29-17,19(25)26)20(27)28/h1,3-4,8-9,13,15-16,23-24H,2,5-7,10H2,(H,25,26)(H,27,28)/t13?,15-,16-/m0/s1. The van der Waals surface area contributed by atoms with Crippen LogP contribution in [0.2, 0.25) is 5.02 Å². The molecule has 0 aromatic heterocycles. The number of aliphatic carboxylic acids is 2. The van der Waals surface area contributed by atoms with E-state index in [-0.39, 0.29) is 23.5 Å². The molecule has 2 aliphatic carbocycles. The number of hydrogen-bond acceptors (Lipinski definition) is 6. The fourth-order valence-corrected chi connectivity index (χ4v) is 4.54. The van der Waals surface area contributed by atoms with Crippen molar-refractivity contribution in [1.29, 1.82) is 0 Å². The van der Waals surface area contributed by atoms with Crippen LogP contribution in [0.4, 0.5) is 0 Å². The highest BCUT2D eigenvalue weighted by molar-refractivity contribution is 6.30. The lowest BCUT2D eigenvalue weighted by molar-refractivity contribution is -0.208. The van der Waals surface area contributed by atoms with Crippen LogP contribution >= 0.6 is 11.6 Å². The fraction of sp³-hybridized carbons (Fsp3) is 0.429. The van der Waals surface area contributed by atoms with Crippen molar-refractivity contribution >= 4 is 23.5 Å². The molecule has 1 saturated carbocycles. The van der Waals surface area contributed by atoms with E-state index in [9.17, 15) is 24.9 Å². The second kappa shape index (κ2) is 7.94. The molecule has 3 aliphatic rings. The highest BCUT2D eigenvalue weighted by Gasteiger charge is 2.60. The third-order valence-electron chi connectivity index (χ3n) is 5.84. The van der Waals surface area contributed by atoms with E-state index in [1.165, 1.54) is 0 Å². The minimum Gasteiger partial charge on any atom is -0.475 e. The second-order valence-corrected chi connectivity index (χ2v) is 8.11. The maximum absolute atomic E-state index is 11.5. The Kier molecular flexibility index (Phi) is 5.48. The summed E-state index contributed by atoms with van der Waals surface area (Å²) in [6.45, 7) is 0.326. The first-order valence-electron chi connectivity index (χ1n) is 9.77. The molecular formula is C21H22ClNO7. The summed E-state index contributed by atoms with van der Waals surface area (Å²) in [6.07, 6.45) is 3.89. The number of allylic oxidation sites excluding steroid dienone is 1. The van der Waals surface area contributed by atoms with Crippen LogP contribution in [0, 0.1) is 5.92 Å². The Morgan fingerprint density at radius 3 is 2.73 bits per heavy atom. The molecular weight excluding hydrogens is 414 g/mol. The van der Waals surface area contributed by atoms with Gasteiger partial charge in [-0.3, -0.25) is 0 Å². The van der Waals surface area contributed by atoms with Crippen LogP contribution in [0.3, 0.4) is 0 Å². The van der Waals surface area contributed by atoms with Crippen LogP contribution in [-0.2, 0) is 19.1 Å². The minimum atomic E-state index is -2.74. The SMILES string of the molecule is O=C(O)C1(C(=O)O)OC2=CCC3C(=C2O1)CCC[C@@H]3NC[C@H](O)c1cccc(Cl)c1. The molecule has 160 valence electrons. The molecule has 9 heteroatoms. The molecule has 0 spiro atoms. The molecule has 1 aliphatic heterocycles. The summed E-state index contributed by atoms with van der Waals surface area (Å²) < 4.78 is 10.6. The number of rotatable bonds is 6. The summed E-state index contributed by atoms with van der Waals surface area (Å²) in [5.41, 5.74) is 1.58. The number of hydrogen-bond donors (Lipinski definition) is 4. The minimum absolute atomic E-state index is 0.00560. The van der Waals surface area contributed by atoms with Crippen molar-refractivity contribution in [2.75, 3.05) is 6.54 Å². The summed E-state index contributed by atoms with van der Waals surface area (Å²) in [7, 11) is 0. The van der Waals surface area contributed by atoms with Crippen molar-refractivity contribution in [2.45, 2.75) is 43.6 Å². The van der Waals surface area contributed by atoms with Crippen LogP contribution in [0.25, 0.3) is 0 Å². The largest absolute Gasteiger partial charge is 0.475 e. The van der Waals surface area contributed by atoms with Gasteiger partial charge >= 0.3 is 17.7 Å². The van der Waals surface area contributed by atoms with E-state index in [1.807, 2.05) is 6.07 Å². The second-order valence-electron chi connectivity index (χ2n) is 7.67. The van der Waals surface area contributed by atoms with Crippen LogP contribution < -0.4 is 5.32 Å². The van der Waals surface area contributed by atoms with Crippen molar-refractivity contribution in [2.24, 2.45) is 5.92 Å². The molecule has 0 amide bonds. The molecule has 8 nitrogen and oxygen atoms in total. The molecule has 4 rings (SSSR count). The Morgan fingerprint density at radius 2 is 2.03 bits per heavy atom. The van der Waals surface area contributed by atoms with E-state index in [0.29, 0.717) is 24.4 Å².